The van der Waals surface area contributed by atoms with Gasteiger partial charge in [0.25, 0.3) is 0 Å². The monoisotopic (exact) mass is 350 g/mol. The van der Waals surface area contributed by atoms with Crippen LogP contribution < -0.4 is 22.1 Å². The fraction of sp³-hybridized carbons (Fsp3) is 0.667. The van der Waals surface area contributed by atoms with Gasteiger partial charge in [-0.05, 0) is 13.3 Å². The molecule has 0 aromatic carbocycles. The number of carboxylic acid groups (broad SMARTS) is 1. The van der Waals surface area contributed by atoms with Crippen molar-refractivity contribution >= 4 is 36.3 Å². The lowest BCUT2D eigenvalue weighted by Gasteiger charge is -2.22. The number of thiol groups is 1. The Labute approximate surface area is 138 Å². The van der Waals surface area contributed by atoms with Gasteiger partial charge >= 0.3 is 5.97 Å². The van der Waals surface area contributed by atoms with Crippen LogP contribution in [-0.4, -0.2) is 63.9 Å². The second-order valence-electron chi connectivity index (χ2n) is 4.91. The van der Waals surface area contributed by atoms with Crippen molar-refractivity contribution in [2.75, 3.05) is 5.75 Å². The van der Waals surface area contributed by atoms with E-state index in [1.807, 2.05) is 0 Å². The minimum atomic E-state index is -1.34. The van der Waals surface area contributed by atoms with Crippen molar-refractivity contribution in [2.45, 2.75) is 44.0 Å². The zero-order valence-electron chi connectivity index (χ0n) is 12.6. The molecule has 0 fully saturated rings. The standard InChI is InChI=1S/C12H22N4O6S/c1-5(17)9(14)11(20)16-7(4-23)10(19)15-6(12(21)22)2-3-8(13)18/h5-7,9,17,23H,2-4,14H2,1H3,(H2,13,18)(H,15,19)(H,16,20)(H,21,22). The summed E-state index contributed by atoms with van der Waals surface area (Å²) in [7, 11) is 0. The molecule has 0 aromatic rings. The van der Waals surface area contributed by atoms with Crippen LogP contribution in [0.4, 0.5) is 0 Å². The number of carbonyl (C=O) groups is 4. The van der Waals surface area contributed by atoms with Crippen LogP contribution in [0.3, 0.4) is 0 Å². The number of carbonyl (C=O) groups excluding carboxylic acids is 3. The maximum atomic E-state index is 12.0. The van der Waals surface area contributed by atoms with Crippen molar-refractivity contribution in [2.24, 2.45) is 11.5 Å². The van der Waals surface area contributed by atoms with Gasteiger partial charge in [-0.2, -0.15) is 12.6 Å². The molecule has 4 atom stereocenters. The quantitative estimate of drug-likeness (QED) is 0.204. The lowest BCUT2D eigenvalue weighted by molar-refractivity contribution is -0.142. The largest absolute Gasteiger partial charge is 0.480 e. The van der Waals surface area contributed by atoms with Crippen molar-refractivity contribution in [3.63, 3.8) is 0 Å². The van der Waals surface area contributed by atoms with Crippen LogP contribution in [-0.2, 0) is 19.2 Å². The van der Waals surface area contributed by atoms with Gasteiger partial charge in [0, 0.05) is 12.2 Å². The van der Waals surface area contributed by atoms with E-state index in [9.17, 15) is 24.3 Å². The van der Waals surface area contributed by atoms with E-state index in [0.29, 0.717) is 0 Å². The Morgan fingerprint density at radius 3 is 2.04 bits per heavy atom. The molecule has 0 aliphatic rings. The Bertz CT molecular complexity index is 459. The van der Waals surface area contributed by atoms with Crippen LogP contribution in [0.1, 0.15) is 19.8 Å². The number of nitrogens with two attached hydrogens (primary N) is 2. The fourth-order valence-electron chi connectivity index (χ4n) is 1.50. The maximum Gasteiger partial charge on any atom is 0.326 e. The van der Waals surface area contributed by atoms with E-state index in [-0.39, 0.29) is 18.6 Å². The molecule has 0 radical (unpaired) electrons. The molecule has 0 heterocycles. The predicted octanol–water partition coefficient (Wildman–Crippen LogP) is -3.06. The number of aliphatic carboxylic acids is 1. The molecule has 0 spiro atoms. The third-order valence-corrected chi connectivity index (χ3v) is 3.30. The number of rotatable bonds is 10. The number of nitrogens with one attached hydrogen (secondary N) is 2. The molecule has 8 N–H and O–H groups in total. The minimum Gasteiger partial charge on any atom is -0.480 e. The number of hydrogen-bond donors (Lipinski definition) is 7. The first-order valence-corrected chi connectivity index (χ1v) is 7.39. The van der Waals surface area contributed by atoms with Crippen LogP contribution in [0, 0.1) is 0 Å². The Kier molecular flexibility index (Phi) is 9.22. The zero-order chi connectivity index (χ0) is 18.2. The summed E-state index contributed by atoms with van der Waals surface area (Å²) in [5.41, 5.74) is 10.4. The molecule has 3 amide bonds. The topological polar surface area (TPSA) is 185 Å². The molecule has 0 aliphatic heterocycles. The molecule has 11 heteroatoms. The van der Waals surface area contributed by atoms with Crippen molar-refractivity contribution in [1.29, 1.82) is 0 Å². The van der Waals surface area contributed by atoms with E-state index in [4.69, 9.17) is 16.6 Å². The maximum absolute atomic E-state index is 12.0. The van der Waals surface area contributed by atoms with E-state index in [1.54, 1.807) is 0 Å². The summed E-state index contributed by atoms with van der Waals surface area (Å²) < 4.78 is 0. The average Bonchev–Trinajstić information content (AvgIpc) is 2.46. The van der Waals surface area contributed by atoms with Crippen LogP contribution in [0.5, 0.6) is 0 Å². The number of aliphatic hydroxyl groups excluding tert-OH is 1. The van der Waals surface area contributed by atoms with Crippen LogP contribution in [0.15, 0.2) is 0 Å². The smallest absolute Gasteiger partial charge is 0.326 e. The van der Waals surface area contributed by atoms with E-state index < -0.39 is 47.9 Å². The Morgan fingerprint density at radius 1 is 1.13 bits per heavy atom. The van der Waals surface area contributed by atoms with Crippen molar-refractivity contribution in [1.82, 2.24) is 10.6 Å². The molecule has 4 unspecified atom stereocenters. The fourth-order valence-corrected chi connectivity index (χ4v) is 1.75. The number of hydrogen-bond acceptors (Lipinski definition) is 7. The number of carboxylic acids is 1. The van der Waals surface area contributed by atoms with Gasteiger partial charge in [-0.1, -0.05) is 0 Å². The van der Waals surface area contributed by atoms with Crippen LogP contribution in [0.25, 0.3) is 0 Å². The van der Waals surface area contributed by atoms with E-state index >= 15 is 0 Å². The molecule has 0 aromatic heterocycles. The minimum absolute atomic E-state index is 0.119. The summed E-state index contributed by atoms with van der Waals surface area (Å²) in [5.74, 6) is -3.75. The Balaban J connectivity index is 4.76. The van der Waals surface area contributed by atoms with Gasteiger partial charge in [-0.15, -0.1) is 0 Å². The molecule has 0 saturated heterocycles. The molecular formula is C12H22N4O6S. The van der Waals surface area contributed by atoms with Gasteiger partial charge in [0.05, 0.1) is 6.10 Å². The second-order valence-corrected chi connectivity index (χ2v) is 5.28. The normalized spacial score (nSPS) is 15.8. The summed E-state index contributed by atoms with van der Waals surface area (Å²) >= 11 is 3.91. The number of primary amides is 1. The molecular weight excluding hydrogens is 328 g/mol. The van der Waals surface area contributed by atoms with Gasteiger partial charge < -0.3 is 32.3 Å². The van der Waals surface area contributed by atoms with Gasteiger partial charge in [0.15, 0.2) is 0 Å². The summed E-state index contributed by atoms with van der Waals surface area (Å²) in [4.78, 5) is 45.5. The second kappa shape index (κ2) is 10.0. The first kappa shape index (κ1) is 21.1. The van der Waals surface area contributed by atoms with Gasteiger partial charge in [-0.3, -0.25) is 14.4 Å². The third kappa shape index (κ3) is 7.81. The zero-order valence-corrected chi connectivity index (χ0v) is 13.5. The number of aliphatic hydroxyl groups is 1. The van der Waals surface area contributed by atoms with E-state index in [0.717, 1.165) is 0 Å². The van der Waals surface area contributed by atoms with Gasteiger partial charge in [0.2, 0.25) is 17.7 Å². The highest BCUT2D eigenvalue weighted by atomic mass is 32.1. The summed E-state index contributed by atoms with van der Waals surface area (Å²) in [6.45, 7) is 1.31. The van der Waals surface area contributed by atoms with Crippen LogP contribution in [0.2, 0.25) is 0 Å². The summed E-state index contributed by atoms with van der Waals surface area (Å²) in [6.07, 6.45) is -1.53. The Morgan fingerprint density at radius 2 is 1.65 bits per heavy atom. The van der Waals surface area contributed by atoms with E-state index in [2.05, 4.69) is 23.3 Å². The average molecular weight is 350 g/mol. The molecule has 0 aliphatic carbocycles. The van der Waals surface area contributed by atoms with Crippen LogP contribution >= 0.6 is 12.6 Å². The van der Waals surface area contributed by atoms with Crippen molar-refractivity contribution < 1.29 is 29.4 Å². The molecule has 132 valence electrons. The Hall–Kier alpha value is -1.85. The number of amides is 3. The summed E-state index contributed by atoms with van der Waals surface area (Å²) in [6, 6.07) is -3.72. The molecule has 23 heavy (non-hydrogen) atoms. The third-order valence-electron chi connectivity index (χ3n) is 2.93. The highest BCUT2D eigenvalue weighted by Crippen LogP contribution is 2.00. The summed E-state index contributed by atoms with van der Waals surface area (Å²) in [5, 5.41) is 22.7. The SMILES string of the molecule is CC(O)C(N)C(=O)NC(CS)C(=O)NC(CCC(N)=O)C(=O)O. The first-order valence-electron chi connectivity index (χ1n) is 6.76. The van der Waals surface area contributed by atoms with Gasteiger partial charge in [0.1, 0.15) is 18.1 Å². The first-order chi connectivity index (χ1) is 10.6. The highest BCUT2D eigenvalue weighted by Gasteiger charge is 2.28. The lowest BCUT2D eigenvalue weighted by atomic mass is 10.1. The van der Waals surface area contributed by atoms with Crippen molar-refractivity contribution in [3.05, 3.63) is 0 Å². The molecule has 10 nitrogen and oxygen atoms in total. The predicted molar refractivity (Wildman–Crippen MR) is 83.4 cm³/mol. The highest BCUT2D eigenvalue weighted by molar-refractivity contribution is 7.80. The molecule has 0 bridgehead atoms. The van der Waals surface area contributed by atoms with Crippen molar-refractivity contribution in [3.8, 4) is 0 Å². The molecule has 0 saturated carbocycles. The van der Waals surface area contributed by atoms with Gasteiger partial charge in [-0.25, -0.2) is 4.79 Å². The lowest BCUT2D eigenvalue weighted by Crippen LogP contribution is -2.57. The van der Waals surface area contributed by atoms with E-state index in [1.165, 1.54) is 6.92 Å². The molecule has 0 rings (SSSR count).